The molecule has 0 unspecified atom stereocenters. The molecule has 2 heterocycles. The topological polar surface area (TPSA) is 93.2 Å². The number of rotatable bonds is 1. The molecule has 2 rings (SSSR count). The second kappa shape index (κ2) is 7.64. The van der Waals surface area contributed by atoms with Crippen molar-refractivity contribution in [1.82, 2.24) is 0 Å². The highest BCUT2D eigenvalue weighted by Crippen LogP contribution is 2.29. The fourth-order valence-corrected chi connectivity index (χ4v) is 2.76. The Morgan fingerprint density at radius 1 is 1.00 bits per heavy atom. The lowest BCUT2D eigenvalue weighted by molar-refractivity contribution is -0.0810. The van der Waals surface area contributed by atoms with Crippen molar-refractivity contribution >= 4 is 0 Å². The van der Waals surface area contributed by atoms with Crippen LogP contribution < -0.4 is 5.73 Å². The largest absolute Gasteiger partial charge is 0.375 e. The van der Waals surface area contributed by atoms with Gasteiger partial charge in [0, 0.05) is 17.0 Å². The summed E-state index contributed by atoms with van der Waals surface area (Å²) in [6.07, 6.45) is 1.80. The fraction of sp³-hybridized carbons (Fsp3) is 1.00. The standard InChI is InChI=1S/C8H15N3O.C8H17NO/c1-6-5-12-8(2,3)4-7(6)10-11-9;1-6-5-10-8(2,3)4-7(6)9/h6-7H,4-5H2,1-3H3;6-7H,4-5,9H2,1-3H3/t2*6-,7+/m11/s1. The summed E-state index contributed by atoms with van der Waals surface area (Å²) in [6.45, 7) is 13.9. The van der Waals surface area contributed by atoms with Crippen LogP contribution in [0.3, 0.4) is 0 Å². The second-order valence-electron chi connectivity index (χ2n) is 7.94. The Bertz CT molecular complexity index is 405. The van der Waals surface area contributed by atoms with Crippen LogP contribution in [0, 0.1) is 11.8 Å². The van der Waals surface area contributed by atoms with Crippen LogP contribution in [0.1, 0.15) is 54.4 Å². The molecule has 2 N–H and O–H groups in total. The molecule has 2 aliphatic heterocycles. The van der Waals surface area contributed by atoms with Gasteiger partial charge in [0.25, 0.3) is 0 Å². The zero-order valence-electron chi connectivity index (χ0n) is 14.9. The van der Waals surface area contributed by atoms with E-state index < -0.39 is 0 Å². The molecule has 0 radical (unpaired) electrons. The molecule has 0 aromatic carbocycles. The number of ether oxygens (including phenoxy) is 2. The van der Waals surface area contributed by atoms with E-state index in [1.165, 1.54) is 0 Å². The van der Waals surface area contributed by atoms with Crippen molar-refractivity contribution in [2.45, 2.75) is 77.7 Å². The molecule has 2 fully saturated rings. The Balaban J connectivity index is 0.000000224. The normalized spacial score (nSPS) is 36.5. The van der Waals surface area contributed by atoms with E-state index in [-0.39, 0.29) is 17.2 Å². The van der Waals surface area contributed by atoms with Crippen LogP contribution in [0.25, 0.3) is 10.4 Å². The number of hydrogen-bond acceptors (Lipinski definition) is 4. The van der Waals surface area contributed by atoms with Crippen molar-refractivity contribution in [3.63, 3.8) is 0 Å². The molecule has 6 nitrogen and oxygen atoms in total. The summed E-state index contributed by atoms with van der Waals surface area (Å²) in [4.78, 5) is 2.84. The van der Waals surface area contributed by atoms with E-state index in [1.807, 2.05) is 13.8 Å². The van der Waals surface area contributed by atoms with Crippen LogP contribution in [-0.2, 0) is 9.47 Å². The maximum absolute atomic E-state index is 8.32. The van der Waals surface area contributed by atoms with E-state index in [4.69, 9.17) is 20.7 Å². The molecular weight excluding hydrogens is 280 g/mol. The Kier molecular flexibility index (Phi) is 6.68. The van der Waals surface area contributed by atoms with Crippen LogP contribution in [0.5, 0.6) is 0 Å². The summed E-state index contributed by atoms with van der Waals surface area (Å²) in [7, 11) is 0. The van der Waals surface area contributed by atoms with Crippen LogP contribution in [0.2, 0.25) is 0 Å². The average Bonchev–Trinajstić information content (AvgIpc) is 2.39. The first-order chi connectivity index (χ1) is 10.1. The molecule has 6 heteroatoms. The Morgan fingerprint density at radius 3 is 1.95 bits per heavy atom. The smallest absolute Gasteiger partial charge is 0.0641 e. The highest BCUT2D eigenvalue weighted by atomic mass is 16.5. The molecule has 0 aliphatic carbocycles. The van der Waals surface area contributed by atoms with Crippen LogP contribution in [-0.4, -0.2) is 36.5 Å². The Hall–Kier alpha value is -0.810. The van der Waals surface area contributed by atoms with Crippen molar-refractivity contribution in [2.75, 3.05) is 13.2 Å². The molecule has 4 atom stereocenters. The van der Waals surface area contributed by atoms with Crippen LogP contribution in [0.15, 0.2) is 5.11 Å². The molecule has 0 amide bonds. The minimum absolute atomic E-state index is 0.00588. The van der Waals surface area contributed by atoms with E-state index in [9.17, 15) is 0 Å². The summed E-state index contributed by atoms with van der Waals surface area (Å²) in [5.74, 6) is 0.863. The van der Waals surface area contributed by atoms with E-state index in [2.05, 4.69) is 37.7 Å². The lowest BCUT2D eigenvalue weighted by Crippen LogP contribution is -2.46. The number of nitrogens with zero attached hydrogens (tertiary/aromatic N) is 3. The molecule has 0 spiro atoms. The monoisotopic (exact) mass is 312 g/mol. The first-order valence-corrected chi connectivity index (χ1v) is 8.14. The van der Waals surface area contributed by atoms with E-state index >= 15 is 0 Å². The van der Waals surface area contributed by atoms with Gasteiger partial charge in [-0.25, -0.2) is 0 Å². The summed E-state index contributed by atoms with van der Waals surface area (Å²) in [5.41, 5.74) is 14.1. The summed E-state index contributed by atoms with van der Waals surface area (Å²) < 4.78 is 11.1. The molecular formula is C16H32N4O2. The maximum Gasteiger partial charge on any atom is 0.0641 e. The molecule has 22 heavy (non-hydrogen) atoms. The van der Waals surface area contributed by atoms with Gasteiger partial charge < -0.3 is 15.2 Å². The molecule has 128 valence electrons. The van der Waals surface area contributed by atoms with Crippen LogP contribution >= 0.6 is 0 Å². The second-order valence-corrected chi connectivity index (χ2v) is 7.94. The van der Waals surface area contributed by atoms with Gasteiger partial charge in [0.15, 0.2) is 0 Å². The van der Waals surface area contributed by atoms with Gasteiger partial charge in [-0.2, -0.15) is 0 Å². The third kappa shape index (κ3) is 6.13. The SMILES string of the molecule is C[C@@H]1COC(C)(C)C[C@@H]1N.C[C@@H]1COC(C)(C)C[C@@H]1N=[N+]=[N-]. The van der Waals surface area contributed by atoms with Gasteiger partial charge >= 0.3 is 0 Å². The quantitative estimate of drug-likeness (QED) is 0.455. The van der Waals surface area contributed by atoms with Crippen molar-refractivity contribution in [3.05, 3.63) is 10.4 Å². The predicted octanol–water partition coefficient (Wildman–Crippen LogP) is 3.65. The highest BCUT2D eigenvalue weighted by molar-refractivity contribution is 4.87. The lowest BCUT2D eigenvalue weighted by atomic mass is 9.88. The third-order valence-corrected chi connectivity index (χ3v) is 4.49. The van der Waals surface area contributed by atoms with E-state index in [0.717, 1.165) is 19.4 Å². The Labute approximate surface area is 134 Å². The van der Waals surface area contributed by atoms with Gasteiger partial charge in [0.2, 0.25) is 0 Å². The summed E-state index contributed by atoms with van der Waals surface area (Å²) >= 11 is 0. The summed E-state index contributed by atoms with van der Waals surface area (Å²) in [5, 5.41) is 3.76. The minimum Gasteiger partial charge on any atom is -0.375 e. The molecule has 2 aliphatic rings. The zero-order chi connectivity index (χ0) is 17.0. The maximum atomic E-state index is 8.32. The highest BCUT2D eigenvalue weighted by Gasteiger charge is 2.32. The van der Waals surface area contributed by atoms with Crippen molar-refractivity contribution in [3.8, 4) is 0 Å². The average molecular weight is 312 g/mol. The van der Waals surface area contributed by atoms with Crippen molar-refractivity contribution in [1.29, 1.82) is 0 Å². The summed E-state index contributed by atoms with van der Waals surface area (Å²) in [6, 6.07) is 0.419. The van der Waals surface area contributed by atoms with Gasteiger partial charge in [0.1, 0.15) is 0 Å². The first-order valence-electron chi connectivity index (χ1n) is 8.14. The molecule has 0 bridgehead atoms. The number of nitrogens with two attached hydrogens (primary N) is 1. The Morgan fingerprint density at radius 2 is 1.50 bits per heavy atom. The van der Waals surface area contributed by atoms with Gasteiger partial charge in [-0.15, -0.1) is 0 Å². The van der Waals surface area contributed by atoms with Gasteiger partial charge in [-0.3, -0.25) is 0 Å². The fourth-order valence-electron chi connectivity index (χ4n) is 2.76. The van der Waals surface area contributed by atoms with Gasteiger partial charge in [0.05, 0.1) is 24.4 Å². The molecule has 0 aromatic heterocycles. The van der Waals surface area contributed by atoms with Crippen molar-refractivity contribution in [2.24, 2.45) is 22.7 Å². The van der Waals surface area contributed by atoms with Crippen molar-refractivity contribution < 1.29 is 9.47 Å². The minimum atomic E-state index is -0.134. The predicted molar refractivity (Wildman–Crippen MR) is 88.5 cm³/mol. The first kappa shape index (κ1) is 19.2. The van der Waals surface area contributed by atoms with Gasteiger partial charge in [-0.1, -0.05) is 19.0 Å². The molecule has 0 saturated carbocycles. The number of hydrogen-bond donors (Lipinski definition) is 1. The van der Waals surface area contributed by atoms with Crippen LogP contribution in [0.4, 0.5) is 0 Å². The third-order valence-electron chi connectivity index (χ3n) is 4.49. The molecule has 2 saturated heterocycles. The van der Waals surface area contributed by atoms with E-state index in [0.29, 0.717) is 24.5 Å². The zero-order valence-corrected chi connectivity index (χ0v) is 14.9. The number of azide groups is 1. The lowest BCUT2D eigenvalue weighted by Gasteiger charge is -2.37. The van der Waals surface area contributed by atoms with E-state index in [1.54, 1.807) is 0 Å². The van der Waals surface area contributed by atoms with Gasteiger partial charge in [-0.05, 0) is 57.9 Å². The molecule has 0 aromatic rings.